The topological polar surface area (TPSA) is 71.8 Å². The molecular formula is C27H23ClN4O3S. The molecule has 182 valence electrons. The second-order valence-corrected chi connectivity index (χ2v) is 9.65. The first-order chi connectivity index (χ1) is 17.4. The lowest BCUT2D eigenvalue weighted by molar-refractivity contribution is 0.174. The van der Waals surface area contributed by atoms with E-state index in [4.69, 9.17) is 33.3 Å². The fourth-order valence-corrected chi connectivity index (χ4v) is 5.63. The third kappa shape index (κ3) is 3.65. The summed E-state index contributed by atoms with van der Waals surface area (Å²) in [6.07, 6.45) is 1.79. The summed E-state index contributed by atoms with van der Waals surface area (Å²) in [6, 6.07) is 18.5. The molecule has 2 N–H and O–H groups in total. The van der Waals surface area contributed by atoms with Gasteiger partial charge in [-0.25, -0.2) is 0 Å². The average molecular weight is 519 g/mol. The Morgan fingerprint density at radius 3 is 2.69 bits per heavy atom. The van der Waals surface area contributed by atoms with Gasteiger partial charge in [0.2, 0.25) is 6.79 Å². The number of hydrogen-bond donors (Lipinski definition) is 2. The smallest absolute Gasteiger partial charge is 0.231 e. The van der Waals surface area contributed by atoms with Crippen molar-refractivity contribution in [2.45, 2.75) is 25.9 Å². The first kappa shape index (κ1) is 22.7. The highest BCUT2D eigenvalue weighted by molar-refractivity contribution is 7.80. The number of halogens is 1. The summed E-state index contributed by atoms with van der Waals surface area (Å²) in [5, 5.41) is 15.3. The fourth-order valence-electron chi connectivity index (χ4n) is 5.12. The van der Waals surface area contributed by atoms with Crippen molar-refractivity contribution < 1.29 is 14.6 Å². The summed E-state index contributed by atoms with van der Waals surface area (Å²) in [5.41, 5.74) is 5.37. The van der Waals surface area contributed by atoms with Gasteiger partial charge in [-0.05, 0) is 80.2 Å². The number of nitrogens with one attached hydrogen (secondary N) is 1. The zero-order valence-electron chi connectivity index (χ0n) is 19.6. The number of pyridine rings is 1. The number of aromatic nitrogens is 2. The van der Waals surface area contributed by atoms with Crippen molar-refractivity contribution >= 4 is 34.6 Å². The van der Waals surface area contributed by atoms with Gasteiger partial charge < -0.3 is 29.4 Å². The summed E-state index contributed by atoms with van der Waals surface area (Å²) in [6.45, 7) is 4.25. The molecule has 36 heavy (non-hydrogen) atoms. The summed E-state index contributed by atoms with van der Waals surface area (Å²) in [5.74, 6) is 1.55. The third-order valence-corrected chi connectivity index (χ3v) is 7.25. The van der Waals surface area contributed by atoms with E-state index in [1.54, 1.807) is 24.4 Å². The van der Waals surface area contributed by atoms with Crippen molar-refractivity contribution in [2.24, 2.45) is 0 Å². The molecule has 1 fully saturated rings. The molecule has 0 unspecified atom stereocenters. The Hall–Kier alpha value is -3.75. The maximum absolute atomic E-state index is 10.6. The number of aromatic hydroxyl groups is 1. The zero-order chi connectivity index (χ0) is 25.0. The normalized spacial score (nSPS) is 18.5. The van der Waals surface area contributed by atoms with E-state index < -0.39 is 0 Å². The van der Waals surface area contributed by atoms with E-state index in [-0.39, 0.29) is 24.6 Å². The van der Waals surface area contributed by atoms with Gasteiger partial charge in [0.05, 0.1) is 23.5 Å². The molecule has 0 saturated carbocycles. The highest BCUT2D eigenvalue weighted by atomic mass is 35.5. The second kappa shape index (κ2) is 8.72. The minimum absolute atomic E-state index is 0.154. The van der Waals surface area contributed by atoms with Gasteiger partial charge in [0.25, 0.3) is 0 Å². The number of aryl methyl sites for hydroxylation is 1. The zero-order valence-corrected chi connectivity index (χ0v) is 21.2. The monoisotopic (exact) mass is 518 g/mol. The fraction of sp³-hybridized carbons (Fsp3) is 0.185. The molecule has 0 aliphatic carbocycles. The molecule has 4 heterocycles. The highest BCUT2D eigenvalue weighted by Gasteiger charge is 2.42. The number of thiocarbonyl (C=S) groups is 1. The number of phenolic OH excluding ortho intramolecular Hbond substituents is 1. The lowest BCUT2D eigenvalue weighted by atomic mass is 9.96. The molecule has 9 heteroatoms. The maximum atomic E-state index is 10.6. The van der Waals surface area contributed by atoms with Crippen molar-refractivity contribution in [3.05, 3.63) is 94.5 Å². The molecule has 4 aromatic rings. The standard InChI is InChI=1S/C27H23ClN4O3S/c1-15-11-19(16(2)31(15)21-12-17(28)6-8-22(21)33)26-25(20-5-3-4-10-29-20)30-27(36)32(26)18-7-9-23-24(13-18)35-14-34-23/h3-13,25-26,33H,14H2,1-2H3,(H,30,36)/t25-,26+/m1/s1. The Balaban J connectivity index is 1.53. The lowest BCUT2D eigenvalue weighted by Crippen LogP contribution is -2.29. The van der Waals surface area contributed by atoms with Crippen LogP contribution in [0.1, 0.15) is 34.7 Å². The minimum atomic E-state index is -0.214. The predicted octanol–water partition coefficient (Wildman–Crippen LogP) is 5.75. The van der Waals surface area contributed by atoms with E-state index in [0.717, 1.165) is 28.3 Å². The summed E-state index contributed by atoms with van der Waals surface area (Å²) < 4.78 is 13.2. The van der Waals surface area contributed by atoms with Crippen LogP contribution in [0.25, 0.3) is 5.69 Å². The number of fused-ring (bicyclic) bond motifs is 1. The van der Waals surface area contributed by atoms with Gasteiger partial charge in [0, 0.05) is 34.4 Å². The molecule has 0 radical (unpaired) electrons. The van der Waals surface area contributed by atoms with Crippen LogP contribution in [0.4, 0.5) is 5.69 Å². The average Bonchev–Trinajstić information content (AvgIpc) is 3.56. The van der Waals surface area contributed by atoms with Crippen molar-refractivity contribution in [1.29, 1.82) is 0 Å². The lowest BCUT2D eigenvalue weighted by Gasteiger charge is -2.28. The Morgan fingerprint density at radius 2 is 1.89 bits per heavy atom. The highest BCUT2D eigenvalue weighted by Crippen LogP contribution is 2.46. The Morgan fingerprint density at radius 1 is 1.06 bits per heavy atom. The number of hydrogen-bond acceptors (Lipinski definition) is 5. The number of phenols is 1. The molecule has 2 aliphatic heterocycles. The van der Waals surface area contributed by atoms with Crippen LogP contribution in [-0.4, -0.2) is 26.6 Å². The molecule has 2 aromatic carbocycles. The number of ether oxygens (including phenoxy) is 2. The van der Waals surface area contributed by atoms with Gasteiger partial charge in [-0.15, -0.1) is 0 Å². The minimum Gasteiger partial charge on any atom is -0.506 e. The van der Waals surface area contributed by atoms with Crippen molar-refractivity contribution in [1.82, 2.24) is 14.9 Å². The quantitative estimate of drug-likeness (QED) is 0.333. The SMILES string of the molecule is Cc1cc([C@H]2[C@@H](c3ccccn3)NC(=S)N2c2ccc3c(c2)OCO3)c(C)n1-c1cc(Cl)ccc1O. The van der Waals surface area contributed by atoms with Gasteiger partial charge in [0.15, 0.2) is 16.6 Å². The summed E-state index contributed by atoms with van der Waals surface area (Å²) in [7, 11) is 0. The number of rotatable bonds is 4. The van der Waals surface area contributed by atoms with Crippen molar-refractivity contribution in [2.75, 3.05) is 11.7 Å². The van der Waals surface area contributed by atoms with Gasteiger partial charge >= 0.3 is 0 Å². The molecule has 6 rings (SSSR count). The molecule has 0 spiro atoms. The van der Waals surface area contributed by atoms with Crippen molar-refractivity contribution in [3.63, 3.8) is 0 Å². The molecule has 2 aromatic heterocycles. The van der Waals surface area contributed by atoms with E-state index in [1.807, 2.05) is 54.8 Å². The Bertz CT molecular complexity index is 1490. The Labute approximate surface area is 218 Å². The largest absolute Gasteiger partial charge is 0.506 e. The molecule has 0 bridgehead atoms. The summed E-state index contributed by atoms with van der Waals surface area (Å²) in [4.78, 5) is 6.74. The second-order valence-electron chi connectivity index (χ2n) is 8.83. The molecule has 0 amide bonds. The van der Waals surface area contributed by atoms with E-state index in [2.05, 4.69) is 21.3 Å². The van der Waals surface area contributed by atoms with Crippen LogP contribution in [0.15, 0.2) is 66.9 Å². The predicted molar refractivity (Wildman–Crippen MR) is 142 cm³/mol. The summed E-state index contributed by atoms with van der Waals surface area (Å²) >= 11 is 12.2. The first-order valence-corrected chi connectivity index (χ1v) is 12.3. The number of nitrogens with zero attached hydrogens (tertiary/aromatic N) is 3. The van der Waals surface area contributed by atoms with Crippen LogP contribution in [0.3, 0.4) is 0 Å². The molecule has 2 atom stereocenters. The molecular weight excluding hydrogens is 496 g/mol. The number of benzene rings is 2. The molecule has 2 aliphatic rings. The van der Waals surface area contributed by atoms with Crippen LogP contribution >= 0.6 is 23.8 Å². The van der Waals surface area contributed by atoms with Crippen LogP contribution in [0, 0.1) is 13.8 Å². The number of anilines is 1. The van der Waals surface area contributed by atoms with Gasteiger partial charge in [-0.3, -0.25) is 4.98 Å². The third-order valence-electron chi connectivity index (χ3n) is 6.70. The van der Waals surface area contributed by atoms with E-state index in [0.29, 0.717) is 27.3 Å². The van der Waals surface area contributed by atoms with Crippen LogP contribution in [-0.2, 0) is 0 Å². The van der Waals surface area contributed by atoms with E-state index in [9.17, 15) is 5.11 Å². The van der Waals surface area contributed by atoms with E-state index >= 15 is 0 Å². The van der Waals surface area contributed by atoms with Crippen molar-refractivity contribution in [3.8, 4) is 22.9 Å². The van der Waals surface area contributed by atoms with Crippen LogP contribution in [0.2, 0.25) is 5.02 Å². The van der Waals surface area contributed by atoms with E-state index in [1.165, 1.54) is 0 Å². The molecule has 7 nitrogen and oxygen atoms in total. The van der Waals surface area contributed by atoms with Gasteiger partial charge in [-0.1, -0.05) is 17.7 Å². The van der Waals surface area contributed by atoms with Gasteiger partial charge in [-0.2, -0.15) is 0 Å². The van der Waals surface area contributed by atoms with Gasteiger partial charge in [0.1, 0.15) is 5.75 Å². The Kier molecular flexibility index (Phi) is 5.50. The molecule has 1 saturated heterocycles. The van der Waals surface area contributed by atoms with Crippen LogP contribution < -0.4 is 19.7 Å². The maximum Gasteiger partial charge on any atom is 0.231 e. The first-order valence-electron chi connectivity index (χ1n) is 11.5. The van der Waals surface area contributed by atoms with Crippen LogP contribution in [0.5, 0.6) is 17.2 Å².